The van der Waals surface area contributed by atoms with Crippen LogP contribution in [0.1, 0.15) is 10.4 Å². The molecule has 1 saturated heterocycles. The smallest absolute Gasteiger partial charge is 0.253 e. The molecule has 1 heterocycles. The van der Waals surface area contributed by atoms with Crippen molar-refractivity contribution in [2.45, 2.75) is 6.04 Å². The minimum Gasteiger partial charge on any atom is -0.336 e. The zero-order valence-electron chi connectivity index (χ0n) is 9.24. The lowest BCUT2D eigenvalue weighted by Crippen LogP contribution is -2.57. The summed E-state index contributed by atoms with van der Waals surface area (Å²) in [6.07, 6.45) is 0. The molecule has 1 aromatic rings. The summed E-state index contributed by atoms with van der Waals surface area (Å²) in [6, 6.07) is 4.56. The van der Waals surface area contributed by atoms with Crippen LogP contribution in [0, 0.1) is 5.82 Å². The number of carbonyl (C=O) groups is 1. The van der Waals surface area contributed by atoms with Crippen LogP contribution >= 0.6 is 28.3 Å². The van der Waals surface area contributed by atoms with E-state index >= 15 is 0 Å². The molecule has 6 heteroatoms. The lowest BCUT2D eigenvalue weighted by Gasteiger charge is -2.35. The third-order valence-electron chi connectivity index (χ3n) is 2.79. The van der Waals surface area contributed by atoms with Gasteiger partial charge in [-0.1, -0.05) is 0 Å². The van der Waals surface area contributed by atoms with E-state index in [-0.39, 0.29) is 30.2 Å². The van der Waals surface area contributed by atoms with Crippen LogP contribution < -0.4 is 5.32 Å². The Kier molecular flexibility index (Phi) is 4.91. The van der Waals surface area contributed by atoms with E-state index in [0.717, 1.165) is 13.1 Å². The van der Waals surface area contributed by atoms with Crippen molar-refractivity contribution in [3.8, 4) is 0 Å². The van der Waals surface area contributed by atoms with E-state index in [1.807, 2.05) is 0 Å². The lowest BCUT2D eigenvalue weighted by molar-refractivity contribution is 0.0681. The minimum atomic E-state index is -0.357. The maximum atomic E-state index is 13.0. The normalized spacial score (nSPS) is 14.8. The number of amides is 1. The maximum absolute atomic E-state index is 13.0. The van der Waals surface area contributed by atoms with E-state index < -0.39 is 0 Å². The van der Waals surface area contributed by atoms with Crippen molar-refractivity contribution < 1.29 is 9.18 Å². The number of hydrogen-bond donors (Lipinski definition) is 1. The Morgan fingerprint density at radius 3 is 2.65 bits per heavy atom. The average Bonchev–Trinajstić information content (AvgIpc) is 2.18. The molecule has 3 nitrogen and oxygen atoms in total. The van der Waals surface area contributed by atoms with Gasteiger partial charge in [-0.2, -0.15) is 0 Å². The van der Waals surface area contributed by atoms with E-state index in [9.17, 15) is 9.18 Å². The summed E-state index contributed by atoms with van der Waals surface area (Å²) in [5.74, 6) is -0.434. The van der Waals surface area contributed by atoms with Gasteiger partial charge in [0.15, 0.2) is 0 Å². The first-order chi connectivity index (χ1) is 7.59. The first-order valence-electron chi connectivity index (χ1n) is 5.02. The second-order valence-corrected chi connectivity index (χ2v) is 4.71. The Bertz CT molecular complexity index is 426. The number of nitrogens with zero attached hydrogens (tertiary/aromatic N) is 1. The van der Waals surface area contributed by atoms with E-state index in [0.29, 0.717) is 10.0 Å². The van der Waals surface area contributed by atoms with Crippen molar-refractivity contribution in [1.82, 2.24) is 10.2 Å². The third-order valence-corrected chi connectivity index (χ3v) is 3.40. The van der Waals surface area contributed by atoms with Gasteiger partial charge in [-0.15, -0.1) is 12.4 Å². The van der Waals surface area contributed by atoms with Gasteiger partial charge in [0, 0.05) is 25.7 Å². The van der Waals surface area contributed by atoms with Crippen molar-refractivity contribution >= 4 is 34.2 Å². The largest absolute Gasteiger partial charge is 0.336 e. The van der Waals surface area contributed by atoms with Gasteiger partial charge in [-0.3, -0.25) is 4.79 Å². The second kappa shape index (κ2) is 5.80. The summed E-state index contributed by atoms with van der Waals surface area (Å²) < 4.78 is 13.3. The predicted octanol–water partition coefficient (Wildman–Crippen LogP) is 2.05. The number of halogens is 3. The number of hydrogen-bond acceptors (Lipinski definition) is 2. The molecule has 0 aliphatic carbocycles. The van der Waals surface area contributed by atoms with E-state index in [4.69, 9.17) is 0 Å². The minimum absolute atomic E-state index is 0. The predicted molar refractivity (Wildman–Crippen MR) is 70.1 cm³/mol. The zero-order chi connectivity index (χ0) is 11.7. The molecule has 0 atom stereocenters. The van der Waals surface area contributed by atoms with Crippen LogP contribution in [0.25, 0.3) is 0 Å². The van der Waals surface area contributed by atoms with Crippen molar-refractivity contribution in [3.05, 3.63) is 34.1 Å². The SMILES string of the molecule is CN(C(=O)c1ccc(F)c(Br)c1)C1CNC1.Cl. The summed E-state index contributed by atoms with van der Waals surface area (Å²) in [7, 11) is 1.77. The highest BCUT2D eigenvalue weighted by molar-refractivity contribution is 9.10. The van der Waals surface area contributed by atoms with Crippen molar-refractivity contribution in [3.63, 3.8) is 0 Å². The molecule has 0 spiro atoms. The second-order valence-electron chi connectivity index (χ2n) is 3.86. The molecule has 0 aromatic heterocycles. The van der Waals surface area contributed by atoms with Crippen molar-refractivity contribution in [2.75, 3.05) is 20.1 Å². The molecule has 1 fully saturated rings. The van der Waals surface area contributed by atoms with E-state index in [2.05, 4.69) is 21.2 Å². The molecule has 1 aliphatic rings. The van der Waals surface area contributed by atoms with E-state index in [1.165, 1.54) is 18.2 Å². The van der Waals surface area contributed by atoms with Gasteiger partial charge in [-0.05, 0) is 34.1 Å². The van der Waals surface area contributed by atoms with Crippen LogP contribution in [0.2, 0.25) is 0 Å². The maximum Gasteiger partial charge on any atom is 0.253 e. The number of benzene rings is 1. The third kappa shape index (κ3) is 2.97. The molecule has 0 saturated carbocycles. The van der Waals surface area contributed by atoms with Crippen molar-refractivity contribution in [2.24, 2.45) is 0 Å². The van der Waals surface area contributed by atoms with Crippen LogP contribution in [0.3, 0.4) is 0 Å². The van der Waals surface area contributed by atoms with Crippen LogP contribution in [0.15, 0.2) is 22.7 Å². The molecule has 17 heavy (non-hydrogen) atoms. The summed E-state index contributed by atoms with van der Waals surface area (Å²) in [4.78, 5) is 13.7. The van der Waals surface area contributed by atoms with Gasteiger partial charge in [0.2, 0.25) is 0 Å². The molecule has 1 N–H and O–H groups in total. The highest BCUT2D eigenvalue weighted by Crippen LogP contribution is 2.18. The number of likely N-dealkylation sites (N-methyl/N-ethyl adjacent to an activating group) is 1. The fourth-order valence-corrected chi connectivity index (χ4v) is 1.92. The molecule has 1 aliphatic heterocycles. The summed E-state index contributed by atoms with van der Waals surface area (Å²) in [5, 5.41) is 3.11. The topological polar surface area (TPSA) is 32.3 Å². The number of nitrogens with one attached hydrogen (secondary N) is 1. The Hall–Kier alpha value is -0.650. The fourth-order valence-electron chi connectivity index (χ4n) is 1.55. The Morgan fingerprint density at radius 2 is 2.18 bits per heavy atom. The molecular formula is C11H13BrClFN2O. The molecule has 0 bridgehead atoms. The van der Waals surface area contributed by atoms with E-state index in [1.54, 1.807) is 11.9 Å². The van der Waals surface area contributed by atoms with Gasteiger partial charge < -0.3 is 10.2 Å². The monoisotopic (exact) mass is 322 g/mol. The van der Waals surface area contributed by atoms with Crippen molar-refractivity contribution in [1.29, 1.82) is 0 Å². The van der Waals surface area contributed by atoms with Gasteiger partial charge in [0.05, 0.1) is 10.5 Å². The summed E-state index contributed by atoms with van der Waals surface area (Å²) in [5.41, 5.74) is 0.502. The molecule has 1 aromatic carbocycles. The Labute approximate surface area is 114 Å². The molecule has 1 amide bonds. The Morgan fingerprint density at radius 1 is 1.53 bits per heavy atom. The molecule has 2 rings (SSSR count). The summed E-state index contributed by atoms with van der Waals surface area (Å²) >= 11 is 3.07. The van der Waals surface area contributed by atoms with Crippen LogP contribution in [0.4, 0.5) is 4.39 Å². The highest BCUT2D eigenvalue weighted by Gasteiger charge is 2.26. The quantitative estimate of drug-likeness (QED) is 0.903. The van der Waals surface area contributed by atoms with Gasteiger partial charge in [0.25, 0.3) is 5.91 Å². The molecule has 0 radical (unpaired) electrons. The lowest BCUT2D eigenvalue weighted by atomic mass is 10.1. The average molecular weight is 324 g/mol. The van der Waals surface area contributed by atoms with Crippen LogP contribution in [-0.2, 0) is 0 Å². The highest BCUT2D eigenvalue weighted by atomic mass is 79.9. The standard InChI is InChI=1S/C11H12BrFN2O.ClH/c1-15(8-5-14-6-8)11(16)7-2-3-10(13)9(12)4-7;/h2-4,8,14H,5-6H2,1H3;1H. The Balaban J connectivity index is 0.00000144. The zero-order valence-corrected chi connectivity index (χ0v) is 11.6. The van der Waals surface area contributed by atoms with Gasteiger partial charge >= 0.3 is 0 Å². The molecule has 0 unspecified atom stereocenters. The van der Waals surface area contributed by atoms with Gasteiger partial charge in [0.1, 0.15) is 5.82 Å². The van der Waals surface area contributed by atoms with Crippen LogP contribution in [0.5, 0.6) is 0 Å². The first-order valence-corrected chi connectivity index (χ1v) is 5.82. The van der Waals surface area contributed by atoms with Crippen LogP contribution in [-0.4, -0.2) is 37.0 Å². The molecule has 94 valence electrons. The number of carbonyl (C=O) groups excluding carboxylic acids is 1. The number of rotatable bonds is 2. The first kappa shape index (κ1) is 14.4. The molecular weight excluding hydrogens is 310 g/mol. The summed E-state index contributed by atoms with van der Waals surface area (Å²) in [6.45, 7) is 1.65. The van der Waals surface area contributed by atoms with Gasteiger partial charge in [-0.25, -0.2) is 4.39 Å². The fraction of sp³-hybridized carbons (Fsp3) is 0.364.